The summed E-state index contributed by atoms with van der Waals surface area (Å²) in [5, 5.41) is 0. The van der Waals surface area contributed by atoms with Crippen molar-refractivity contribution in [2.45, 2.75) is 13.3 Å². The zero-order valence-corrected chi connectivity index (χ0v) is 16.7. The summed E-state index contributed by atoms with van der Waals surface area (Å²) >= 11 is 5.08. The minimum absolute atomic E-state index is 0.0295. The SMILES string of the molecule is CCOP(=O)(OCl)OCCC(=O)/C=C/c1cc(OC)c(OC)c(OC)c1. The quantitative estimate of drug-likeness (QED) is 0.378. The predicted octanol–water partition coefficient (Wildman–Crippen LogP) is 4.02. The molecule has 146 valence electrons. The number of phosphoric acid groups is 1. The van der Waals surface area contributed by atoms with Crippen LogP contribution in [0.4, 0.5) is 0 Å². The van der Waals surface area contributed by atoms with Gasteiger partial charge in [0.1, 0.15) is 0 Å². The number of carbonyl (C=O) groups excluding carboxylic acids is 1. The van der Waals surface area contributed by atoms with Gasteiger partial charge >= 0.3 is 7.82 Å². The standard InChI is InChI=1S/C16H22ClO8P/c1-5-23-26(19,25-17)24-9-8-13(18)7-6-12-10-14(20-2)16(22-4)15(11-12)21-3/h6-7,10-11H,5,8-9H2,1-4H3/b7-6+. The highest BCUT2D eigenvalue weighted by Crippen LogP contribution is 2.50. The molecule has 0 amide bonds. The summed E-state index contributed by atoms with van der Waals surface area (Å²) in [6, 6.07) is 3.40. The number of allylic oxidation sites excluding steroid dienone is 1. The number of phosphoric ester groups is 1. The summed E-state index contributed by atoms with van der Waals surface area (Å²) in [5.74, 6) is 1.15. The molecule has 0 radical (unpaired) electrons. The molecule has 1 atom stereocenters. The van der Waals surface area contributed by atoms with Crippen molar-refractivity contribution in [2.24, 2.45) is 0 Å². The Morgan fingerprint density at radius 2 is 1.73 bits per heavy atom. The maximum absolute atomic E-state index is 11.9. The lowest BCUT2D eigenvalue weighted by Crippen LogP contribution is -2.02. The number of methoxy groups -OCH3 is 3. The maximum Gasteiger partial charge on any atom is 0.491 e. The Morgan fingerprint density at radius 1 is 1.12 bits per heavy atom. The fraction of sp³-hybridized carbons (Fsp3) is 0.438. The largest absolute Gasteiger partial charge is 0.493 e. The van der Waals surface area contributed by atoms with Crippen molar-refractivity contribution in [1.82, 2.24) is 0 Å². The average Bonchev–Trinajstić information content (AvgIpc) is 2.65. The molecule has 0 bridgehead atoms. The van der Waals surface area contributed by atoms with Crippen LogP contribution in [-0.4, -0.2) is 40.3 Å². The van der Waals surface area contributed by atoms with Crippen LogP contribution in [0.25, 0.3) is 6.08 Å². The number of rotatable bonds is 12. The Hall–Kier alpha value is -1.57. The zero-order chi connectivity index (χ0) is 19.6. The first-order chi connectivity index (χ1) is 12.4. The molecule has 1 aromatic carbocycles. The van der Waals surface area contributed by atoms with Crippen LogP contribution in [0.15, 0.2) is 18.2 Å². The molecule has 0 saturated heterocycles. The van der Waals surface area contributed by atoms with Crippen molar-refractivity contribution in [3.05, 3.63) is 23.8 Å². The van der Waals surface area contributed by atoms with Gasteiger partial charge in [0, 0.05) is 6.42 Å². The third kappa shape index (κ3) is 6.63. The molecular weight excluding hydrogens is 387 g/mol. The summed E-state index contributed by atoms with van der Waals surface area (Å²) in [6.07, 6.45) is 2.92. The molecule has 0 fully saturated rings. The summed E-state index contributed by atoms with van der Waals surface area (Å²) in [7, 11) is 0.689. The third-order valence-electron chi connectivity index (χ3n) is 3.12. The van der Waals surface area contributed by atoms with Gasteiger partial charge in [0.25, 0.3) is 0 Å². The number of carbonyl (C=O) groups is 1. The van der Waals surface area contributed by atoms with Gasteiger partial charge in [-0.05, 0) is 30.7 Å². The van der Waals surface area contributed by atoms with Crippen molar-refractivity contribution in [3.63, 3.8) is 0 Å². The molecule has 0 aliphatic heterocycles. The Kier molecular flexibility index (Phi) is 9.69. The van der Waals surface area contributed by atoms with E-state index in [-0.39, 0.29) is 25.4 Å². The van der Waals surface area contributed by atoms with E-state index in [1.807, 2.05) is 0 Å². The molecule has 0 N–H and O–H groups in total. The number of ether oxygens (including phenoxy) is 3. The lowest BCUT2D eigenvalue weighted by molar-refractivity contribution is -0.115. The molecule has 1 aromatic rings. The van der Waals surface area contributed by atoms with Gasteiger partial charge < -0.3 is 14.2 Å². The highest BCUT2D eigenvalue weighted by Gasteiger charge is 2.25. The molecule has 8 nitrogen and oxygen atoms in total. The van der Waals surface area contributed by atoms with E-state index in [1.165, 1.54) is 27.4 Å². The summed E-state index contributed by atoms with van der Waals surface area (Å²) < 4.78 is 41.4. The van der Waals surface area contributed by atoms with Crippen LogP contribution < -0.4 is 14.2 Å². The Morgan fingerprint density at radius 3 is 2.19 bits per heavy atom. The second kappa shape index (κ2) is 11.2. The van der Waals surface area contributed by atoms with E-state index in [4.69, 9.17) is 35.1 Å². The normalized spacial score (nSPS) is 13.4. The van der Waals surface area contributed by atoms with Gasteiger partial charge in [-0.15, -0.1) is 0 Å². The lowest BCUT2D eigenvalue weighted by atomic mass is 10.1. The van der Waals surface area contributed by atoms with Gasteiger partial charge in [-0.1, -0.05) is 6.08 Å². The van der Waals surface area contributed by atoms with E-state index in [0.29, 0.717) is 22.8 Å². The van der Waals surface area contributed by atoms with E-state index in [0.717, 1.165) is 0 Å². The van der Waals surface area contributed by atoms with Crippen LogP contribution in [0.2, 0.25) is 0 Å². The minimum atomic E-state index is -3.82. The van der Waals surface area contributed by atoms with E-state index in [2.05, 4.69) is 4.08 Å². The minimum Gasteiger partial charge on any atom is -0.493 e. The average molecular weight is 409 g/mol. The molecule has 0 heterocycles. The first-order valence-electron chi connectivity index (χ1n) is 7.63. The van der Waals surface area contributed by atoms with Gasteiger partial charge in [0.15, 0.2) is 17.3 Å². The van der Waals surface area contributed by atoms with Crippen molar-refractivity contribution < 1.29 is 36.7 Å². The van der Waals surface area contributed by atoms with Crippen LogP contribution in [0, 0.1) is 0 Å². The Labute approximate surface area is 157 Å². The highest BCUT2D eigenvalue weighted by molar-refractivity contribution is 7.49. The smallest absolute Gasteiger partial charge is 0.491 e. The van der Waals surface area contributed by atoms with Crippen LogP contribution in [0.1, 0.15) is 18.9 Å². The van der Waals surface area contributed by atoms with Crippen LogP contribution in [0.5, 0.6) is 17.2 Å². The topological polar surface area (TPSA) is 89.5 Å². The van der Waals surface area contributed by atoms with Gasteiger partial charge in [-0.3, -0.25) is 13.8 Å². The zero-order valence-electron chi connectivity index (χ0n) is 15.0. The second-order valence-corrected chi connectivity index (χ2v) is 6.74. The molecule has 26 heavy (non-hydrogen) atoms. The van der Waals surface area contributed by atoms with Gasteiger partial charge in [-0.2, -0.15) is 4.08 Å². The number of hydrogen-bond donors (Lipinski definition) is 0. The number of benzene rings is 1. The molecule has 0 aliphatic rings. The van der Waals surface area contributed by atoms with Crippen LogP contribution in [-0.2, 0) is 22.5 Å². The van der Waals surface area contributed by atoms with Gasteiger partial charge in [-0.25, -0.2) is 4.57 Å². The Bertz CT molecular complexity index is 651. The maximum atomic E-state index is 11.9. The molecule has 1 unspecified atom stereocenters. The monoisotopic (exact) mass is 408 g/mol. The summed E-state index contributed by atoms with van der Waals surface area (Å²) in [6.45, 7) is 1.54. The molecule has 1 rings (SSSR count). The van der Waals surface area contributed by atoms with Crippen LogP contribution in [0.3, 0.4) is 0 Å². The van der Waals surface area contributed by atoms with Gasteiger partial charge in [0.2, 0.25) is 5.75 Å². The first kappa shape index (κ1) is 22.5. The number of halogens is 1. The molecular formula is C16H22ClO8P. The van der Waals surface area contributed by atoms with E-state index >= 15 is 0 Å². The molecule has 0 saturated carbocycles. The molecule has 10 heteroatoms. The van der Waals surface area contributed by atoms with Crippen molar-refractivity contribution in [2.75, 3.05) is 34.5 Å². The lowest BCUT2D eigenvalue weighted by Gasteiger charge is -2.13. The van der Waals surface area contributed by atoms with E-state index < -0.39 is 7.82 Å². The van der Waals surface area contributed by atoms with Gasteiger partial charge in [0.05, 0.1) is 46.4 Å². The van der Waals surface area contributed by atoms with Crippen molar-refractivity contribution in [1.29, 1.82) is 0 Å². The molecule has 0 aromatic heterocycles. The van der Waals surface area contributed by atoms with E-state index in [9.17, 15) is 9.36 Å². The van der Waals surface area contributed by atoms with Crippen molar-refractivity contribution >= 4 is 31.5 Å². The number of hydrogen-bond acceptors (Lipinski definition) is 8. The summed E-state index contributed by atoms with van der Waals surface area (Å²) in [4.78, 5) is 11.9. The van der Waals surface area contributed by atoms with Crippen LogP contribution >= 0.6 is 19.7 Å². The highest BCUT2D eigenvalue weighted by atomic mass is 35.5. The second-order valence-electron chi connectivity index (χ2n) is 4.78. The first-order valence-corrected chi connectivity index (χ1v) is 9.40. The predicted molar refractivity (Wildman–Crippen MR) is 96.9 cm³/mol. The third-order valence-corrected chi connectivity index (χ3v) is 4.87. The fourth-order valence-corrected chi connectivity index (χ4v) is 2.99. The fourth-order valence-electron chi connectivity index (χ4n) is 1.96. The molecule has 0 spiro atoms. The number of ketones is 1. The molecule has 0 aliphatic carbocycles. The van der Waals surface area contributed by atoms with Crippen molar-refractivity contribution in [3.8, 4) is 17.2 Å². The van der Waals surface area contributed by atoms with E-state index in [1.54, 1.807) is 25.1 Å². The summed E-state index contributed by atoms with van der Waals surface area (Å²) in [5.41, 5.74) is 0.679. The Balaban J connectivity index is 2.72.